The average Bonchev–Trinajstić information content (AvgIpc) is 2.82. The van der Waals surface area contributed by atoms with Crippen LogP contribution < -0.4 is 10.6 Å². The van der Waals surface area contributed by atoms with Crippen LogP contribution in [0.3, 0.4) is 0 Å². The molecule has 1 aromatic rings. The molecule has 1 saturated heterocycles. The first kappa shape index (κ1) is 26.9. The van der Waals surface area contributed by atoms with Gasteiger partial charge in [0.05, 0.1) is 0 Å². The summed E-state index contributed by atoms with van der Waals surface area (Å²) >= 11 is 0. The van der Waals surface area contributed by atoms with Gasteiger partial charge >= 0.3 is 6.03 Å². The molecule has 2 N–H and O–H groups in total. The highest BCUT2D eigenvalue weighted by molar-refractivity contribution is 5.94. The van der Waals surface area contributed by atoms with Gasteiger partial charge < -0.3 is 20.4 Å². The molecule has 2 aliphatic carbocycles. The Labute approximate surface area is 216 Å². The fourth-order valence-corrected chi connectivity index (χ4v) is 7.63. The van der Waals surface area contributed by atoms with E-state index < -0.39 is 0 Å². The van der Waals surface area contributed by atoms with E-state index in [9.17, 15) is 14.0 Å². The average molecular weight is 501 g/mol. The summed E-state index contributed by atoms with van der Waals surface area (Å²) in [5.74, 6) is 0.724. The first-order valence-corrected chi connectivity index (χ1v) is 13.8. The van der Waals surface area contributed by atoms with Crippen LogP contribution in [0.4, 0.5) is 9.18 Å². The molecule has 3 amide bonds. The Morgan fingerprint density at radius 3 is 2.39 bits per heavy atom. The van der Waals surface area contributed by atoms with Gasteiger partial charge in [0.15, 0.2) is 0 Å². The summed E-state index contributed by atoms with van der Waals surface area (Å²) in [7, 11) is 2.10. The predicted octanol–water partition coefficient (Wildman–Crippen LogP) is 4.76. The number of carbonyl (C=O) groups is 2. The van der Waals surface area contributed by atoms with Crippen LogP contribution in [0.25, 0.3) is 0 Å². The van der Waals surface area contributed by atoms with Crippen LogP contribution in [0.5, 0.6) is 0 Å². The van der Waals surface area contributed by atoms with Gasteiger partial charge in [-0.3, -0.25) is 4.79 Å². The Kier molecular flexibility index (Phi) is 7.98. The van der Waals surface area contributed by atoms with Crippen molar-refractivity contribution >= 4 is 11.9 Å². The molecule has 1 aliphatic heterocycles. The second-order valence-corrected chi connectivity index (χ2v) is 12.5. The Balaban J connectivity index is 1.47. The molecule has 0 aromatic heterocycles. The first-order chi connectivity index (χ1) is 17.0. The number of nitrogens with one attached hydrogen (secondary N) is 2. The minimum Gasteiger partial charge on any atom is -0.352 e. The fourth-order valence-electron chi connectivity index (χ4n) is 7.63. The molecular weight excluding hydrogens is 455 g/mol. The van der Waals surface area contributed by atoms with Crippen LogP contribution in [0.2, 0.25) is 0 Å². The lowest BCUT2D eigenvalue weighted by atomic mass is 9.45. The van der Waals surface area contributed by atoms with Crippen molar-refractivity contribution in [3.8, 4) is 0 Å². The van der Waals surface area contributed by atoms with E-state index in [1.165, 1.54) is 43.5 Å². The quantitative estimate of drug-likeness (QED) is 0.613. The number of carbonyl (C=O) groups excluding carboxylic acids is 2. The molecule has 5 atom stereocenters. The van der Waals surface area contributed by atoms with Crippen molar-refractivity contribution in [1.29, 1.82) is 0 Å². The van der Waals surface area contributed by atoms with Crippen LogP contribution in [0, 0.1) is 34.4 Å². The number of piperazine rings is 1. The summed E-state index contributed by atoms with van der Waals surface area (Å²) in [6.07, 6.45) is 5.53. The molecule has 6 nitrogen and oxygen atoms in total. The van der Waals surface area contributed by atoms with Crippen molar-refractivity contribution in [1.82, 2.24) is 20.4 Å². The summed E-state index contributed by atoms with van der Waals surface area (Å²) in [5.41, 5.74) is 0.879. The predicted molar refractivity (Wildman–Crippen MR) is 141 cm³/mol. The van der Waals surface area contributed by atoms with Gasteiger partial charge in [-0.25, -0.2) is 9.18 Å². The molecule has 0 bridgehead atoms. The maximum atomic E-state index is 13.2. The van der Waals surface area contributed by atoms with E-state index in [0.717, 1.165) is 39.0 Å². The lowest BCUT2D eigenvalue weighted by molar-refractivity contribution is -0.106. The maximum absolute atomic E-state index is 13.2. The van der Waals surface area contributed by atoms with Gasteiger partial charge in [0.1, 0.15) is 5.82 Å². The molecule has 4 rings (SSSR count). The zero-order chi connectivity index (χ0) is 26.1. The Morgan fingerprint density at radius 2 is 1.72 bits per heavy atom. The number of benzene rings is 1. The Morgan fingerprint density at radius 1 is 1.06 bits per heavy atom. The zero-order valence-electron chi connectivity index (χ0n) is 22.8. The van der Waals surface area contributed by atoms with E-state index in [4.69, 9.17) is 0 Å². The third kappa shape index (κ3) is 5.56. The van der Waals surface area contributed by atoms with Gasteiger partial charge in [-0.15, -0.1) is 0 Å². The Hall–Kier alpha value is -2.15. The van der Waals surface area contributed by atoms with E-state index >= 15 is 0 Å². The van der Waals surface area contributed by atoms with E-state index in [-0.39, 0.29) is 34.6 Å². The normalized spacial score (nSPS) is 32.4. The van der Waals surface area contributed by atoms with Gasteiger partial charge in [-0.1, -0.05) is 34.1 Å². The Bertz CT molecular complexity index is 928. The van der Waals surface area contributed by atoms with Crippen molar-refractivity contribution in [2.24, 2.45) is 28.6 Å². The van der Waals surface area contributed by atoms with Crippen LogP contribution in [-0.4, -0.2) is 67.6 Å². The highest BCUT2D eigenvalue weighted by Crippen LogP contribution is 2.61. The number of rotatable bonds is 5. The molecule has 2 saturated carbocycles. The first-order valence-electron chi connectivity index (χ1n) is 13.8. The van der Waals surface area contributed by atoms with E-state index in [1.54, 1.807) is 0 Å². The molecular formula is C29H45FN4O2. The van der Waals surface area contributed by atoms with Crippen molar-refractivity contribution < 1.29 is 14.0 Å². The van der Waals surface area contributed by atoms with Crippen molar-refractivity contribution in [2.45, 2.75) is 65.8 Å². The minimum absolute atomic E-state index is 0.0699. The van der Waals surface area contributed by atoms with Crippen LogP contribution in [-0.2, 0) is 0 Å². The molecule has 200 valence electrons. The molecule has 7 heteroatoms. The lowest BCUT2D eigenvalue weighted by Gasteiger charge is -2.61. The molecule has 3 fully saturated rings. The van der Waals surface area contributed by atoms with E-state index in [0.29, 0.717) is 29.9 Å². The number of likely N-dealkylation sites (N-methyl/N-ethyl adjacent to an activating group) is 1. The second-order valence-electron chi connectivity index (χ2n) is 12.5. The van der Waals surface area contributed by atoms with Crippen molar-refractivity contribution in [3.63, 3.8) is 0 Å². The molecule has 3 aliphatic rings. The summed E-state index contributed by atoms with van der Waals surface area (Å²) in [4.78, 5) is 30.1. The van der Waals surface area contributed by atoms with Crippen molar-refractivity contribution in [3.05, 3.63) is 35.6 Å². The topological polar surface area (TPSA) is 64.7 Å². The minimum atomic E-state index is -0.342. The molecule has 1 aromatic carbocycles. The molecule has 1 heterocycles. The number of amides is 3. The number of fused-ring (bicyclic) bond motifs is 1. The second kappa shape index (κ2) is 10.7. The van der Waals surface area contributed by atoms with Gasteiger partial charge in [0.25, 0.3) is 5.91 Å². The highest BCUT2D eigenvalue weighted by Gasteiger charge is 2.56. The lowest BCUT2D eigenvalue weighted by Crippen LogP contribution is -2.61. The summed E-state index contributed by atoms with van der Waals surface area (Å²) in [6, 6.07) is 5.90. The van der Waals surface area contributed by atoms with Gasteiger partial charge in [-0.05, 0) is 85.6 Å². The van der Waals surface area contributed by atoms with Gasteiger partial charge in [0.2, 0.25) is 0 Å². The van der Waals surface area contributed by atoms with Gasteiger partial charge in [0, 0.05) is 44.3 Å². The number of urea groups is 1. The SMILES string of the molecule is C[C@H]1[C@H](NC(=O)N2CCN(C)CC2)CC2C(C)(C)CCC[C@]2(C)[C@H]1CCNC(=O)c1ccc(F)cc1. The third-order valence-electron chi connectivity index (χ3n) is 9.83. The molecule has 0 spiro atoms. The highest BCUT2D eigenvalue weighted by atomic mass is 19.1. The van der Waals surface area contributed by atoms with Crippen LogP contribution in [0.1, 0.15) is 70.2 Å². The summed E-state index contributed by atoms with van der Waals surface area (Å²) < 4.78 is 13.2. The van der Waals surface area contributed by atoms with Crippen LogP contribution >= 0.6 is 0 Å². The van der Waals surface area contributed by atoms with Crippen molar-refractivity contribution in [2.75, 3.05) is 39.8 Å². The standard InChI is InChI=1S/C29H45FN4O2/c1-20-23(11-14-31-26(35)21-7-9-22(30)10-8-21)29(4)13-6-12-28(2,3)25(29)19-24(20)32-27(36)34-17-15-33(5)16-18-34/h7-10,20,23-25H,6,11-19H2,1-5H3,(H,31,35)(H,32,36)/t20-,23+,24-,25?,29-/m1/s1. The number of hydrogen-bond donors (Lipinski definition) is 2. The third-order valence-corrected chi connectivity index (χ3v) is 9.83. The molecule has 1 unspecified atom stereocenters. The molecule has 0 radical (unpaired) electrons. The fraction of sp³-hybridized carbons (Fsp3) is 0.724. The summed E-state index contributed by atoms with van der Waals surface area (Å²) in [5, 5.41) is 6.52. The molecule has 36 heavy (non-hydrogen) atoms. The number of hydrogen-bond acceptors (Lipinski definition) is 3. The largest absolute Gasteiger partial charge is 0.352 e. The van der Waals surface area contributed by atoms with E-state index in [1.807, 2.05) is 4.90 Å². The number of halogens is 1. The smallest absolute Gasteiger partial charge is 0.317 e. The van der Waals surface area contributed by atoms with Crippen LogP contribution in [0.15, 0.2) is 24.3 Å². The van der Waals surface area contributed by atoms with E-state index in [2.05, 4.69) is 50.3 Å². The monoisotopic (exact) mass is 500 g/mol. The van der Waals surface area contributed by atoms with Gasteiger partial charge in [-0.2, -0.15) is 0 Å². The summed E-state index contributed by atoms with van der Waals surface area (Å²) in [6.45, 7) is 13.5. The zero-order valence-corrected chi connectivity index (χ0v) is 22.8. The number of nitrogens with zero attached hydrogens (tertiary/aromatic N) is 2. The maximum Gasteiger partial charge on any atom is 0.317 e.